The van der Waals surface area contributed by atoms with Crippen molar-refractivity contribution in [2.75, 3.05) is 11.9 Å². The zero-order valence-corrected chi connectivity index (χ0v) is 10.8. The highest BCUT2D eigenvalue weighted by Gasteiger charge is 2.01. The quantitative estimate of drug-likeness (QED) is 0.748. The number of hydrogen-bond donors (Lipinski definition) is 1. The van der Waals surface area contributed by atoms with E-state index in [0.29, 0.717) is 5.92 Å². The Hall–Kier alpha value is -1.12. The van der Waals surface area contributed by atoms with E-state index in [1.165, 1.54) is 12.8 Å². The van der Waals surface area contributed by atoms with E-state index in [1.54, 1.807) is 0 Å². The number of anilines is 1. The third kappa shape index (κ3) is 4.60. The van der Waals surface area contributed by atoms with Crippen molar-refractivity contribution in [3.8, 4) is 0 Å². The molecule has 0 aliphatic carbocycles. The van der Waals surface area contributed by atoms with Gasteiger partial charge in [0, 0.05) is 6.54 Å². The number of aromatic nitrogens is 2. The maximum atomic E-state index is 4.37. The summed E-state index contributed by atoms with van der Waals surface area (Å²) >= 11 is 0. The molecule has 0 saturated carbocycles. The third-order valence-electron chi connectivity index (χ3n) is 2.53. The second-order valence-electron chi connectivity index (χ2n) is 4.94. The summed E-state index contributed by atoms with van der Waals surface area (Å²) < 4.78 is 0. The van der Waals surface area contributed by atoms with Gasteiger partial charge in [-0.2, -0.15) is 0 Å². The zero-order valence-electron chi connectivity index (χ0n) is 10.8. The highest BCUT2D eigenvalue weighted by atomic mass is 15.0. The molecule has 1 N–H and O–H groups in total. The fourth-order valence-corrected chi connectivity index (χ4v) is 1.45. The molecule has 1 aromatic heterocycles. The normalized spacial score (nSPS) is 11.1. The predicted molar refractivity (Wildman–Crippen MR) is 68.7 cm³/mol. The van der Waals surface area contributed by atoms with Gasteiger partial charge in [-0.1, -0.05) is 27.7 Å². The topological polar surface area (TPSA) is 37.8 Å². The van der Waals surface area contributed by atoms with Crippen molar-refractivity contribution >= 4 is 5.82 Å². The molecule has 1 aromatic rings. The molecule has 0 spiro atoms. The third-order valence-corrected chi connectivity index (χ3v) is 2.53. The Labute approximate surface area is 98.7 Å². The van der Waals surface area contributed by atoms with Crippen molar-refractivity contribution in [2.24, 2.45) is 5.92 Å². The molecule has 0 bridgehead atoms. The van der Waals surface area contributed by atoms with Crippen LogP contribution in [0.1, 0.15) is 52.1 Å². The number of rotatable bonds is 6. The summed E-state index contributed by atoms with van der Waals surface area (Å²) in [5.41, 5.74) is 1.05. The summed E-state index contributed by atoms with van der Waals surface area (Å²) in [6.07, 6.45) is 6.12. The van der Waals surface area contributed by atoms with Crippen molar-refractivity contribution in [2.45, 2.75) is 46.5 Å². The summed E-state index contributed by atoms with van der Waals surface area (Å²) in [4.78, 5) is 8.71. The predicted octanol–water partition coefficient (Wildman–Crippen LogP) is 3.45. The lowest BCUT2D eigenvalue weighted by atomic mass is 10.1. The van der Waals surface area contributed by atoms with E-state index in [9.17, 15) is 0 Å². The molecule has 0 unspecified atom stereocenters. The van der Waals surface area contributed by atoms with Gasteiger partial charge in [-0.05, 0) is 24.7 Å². The SMILES string of the molecule is CC(C)CCCNc1cnc(C(C)C)cn1. The molecule has 1 heterocycles. The van der Waals surface area contributed by atoms with Gasteiger partial charge in [-0.15, -0.1) is 0 Å². The molecule has 16 heavy (non-hydrogen) atoms. The average molecular weight is 221 g/mol. The minimum Gasteiger partial charge on any atom is -0.369 e. The van der Waals surface area contributed by atoms with Crippen molar-refractivity contribution in [1.82, 2.24) is 9.97 Å². The minimum absolute atomic E-state index is 0.447. The van der Waals surface area contributed by atoms with Crippen LogP contribution in [0.3, 0.4) is 0 Å². The first-order valence-electron chi connectivity index (χ1n) is 6.15. The second kappa shape index (κ2) is 6.46. The lowest BCUT2D eigenvalue weighted by molar-refractivity contribution is 0.566. The summed E-state index contributed by atoms with van der Waals surface area (Å²) in [5.74, 6) is 2.10. The van der Waals surface area contributed by atoms with Crippen LogP contribution in [0, 0.1) is 5.92 Å². The van der Waals surface area contributed by atoms with E-state index in [0.717, 1.165) is 24.0 Å². The van der Waals surface area contributed by atoms with E-state index in [1.807, 2.05) is 12.4 Å². The fourth-order valence-electron chi connectivity index (χ4n) is 1.45. The van der Waals surface area contributed by atoms with Gasteiger partial charge in [-0.3, -0.25) is 4.98 Å². The molecular formula is C13H23N3. The van der Waals surface area contributed by atoms with Crippen LogP contribution in [0.25, 0.3) is 0 Å². The zero-order chi connectivity index (χ0) is 12.0. The Morgan fingerprint density at radius 1 is 1.12 bits per heavy atom. The molecule has 0 aliphatic heterocycles. The van der Waals surface area contributed by atoms with Gasteiger partial charge in [0.05, 0.1) is 18.1 Å². The van der Waals surface area contributed by atoms with Crippen LogP contribution in [0.5, 0.6) is 0 Å². The van der Waals surface area contributed by atoms with E-state index in [2.05, 4.69) is 43.0 Å². The van der Waals surface area contributed by atoms with Crippen molar-refractivity contribution in [1.29, 1.82) is 0 Å². The summed E-state index contributed by atoms with van der Waals surface area (Å²) in [5, 5.41) is 3.29. The number of hydrogen-bond acceptors (Lipinski definition) is 3. The van der Waals surface area contributed by atoms with Crippen LogP contribution in [-0.2, 0) is 0 Å². The summed E-state index contributed by atoms with van der Waals surface area (Å²) in [6, 6.07) is 0. The Morgan fingerprint density at radius 2 is 1.88 bits per heavy atom. The molecule has 0 amide bonds. The molecule has 0 aromatic carbocycles. The average Bonchev–Trinajstić information content (AvgIpc) is 2.25. The maximum Gasteiger partial charge on any atom is 0.144 e. The molecule has 3 heteroatoms. The highest BCUT2D eigenvalue weighted by Crippen LogP contribution is 2.11. The first-order chi connectivity index (χ1) is 7.59. The lowest BCUT2D eigenvalue weighted by Crippen LogP contribution is -2.05. The minimum atomic E-state index is 0.447. The lowest BCUT2D eigenvalue weighted by Gasteiger charge is -2.08. The Morgan fingerprint density at radius 3 is 2.38 bits per heavy atom. The molecule has 0 atom stereocenters. The second-order valence-corrected chi connectivity index (χ2v) is 4.94. The van der Waals surface area contributed by atoms with Crippen LogP contribution in [0.15, 0.2) is 12.4 Å². The Bertz CT molecular complexity index is 291. The molecule has 90 valence electrons. The fraction of sp³-hybridized carbons (Fsp3) is 0.692. The monoisotopic (exact) mass is 221 g/mol. The Balaban J connectivity index is 2.32. The van der Waals surface area contributed by atoms with Gasteiger partial charge in [0.25, 0.3) is 0 Å². The first-order valence-corrected chi connectivity index (χ1v) is 6.15. The van der Waals surface area contributed by atoms with Gasteiger partial charge in [-0.25, -0.2) is 4.98 Å². The van der Waals surface area contributed by atoms with Crippen molar-refractivity contribution < 1.29 is 0 Å². The van der Waals surface area contributed by atoms with Crippen LogP contribution < -0.4 is 5.32 Å². The van der Waals surface area contributed by atoms with Crippen molar-refractivity contribution in [3.05, 3.63) is 18.1 Å². The van der Waals surface area contributed by atoms with Crippen LogP contribution in [-0.4, -0.2) is 16.5 Å². The first kappa shape index (κ1) is 12.9. The maximum absolute atomic E-state index is 4.37. The van der Waals surface area contributed by atoms with Crippen LogP contribution in [0.2, 0.25) is 0 Å². The standard InChI is InChI=1S/C13H23N3/c1-10(2)6-5-7-14-13-9-15-12(8-16-13)11(3)4/h8-11H,5-7H2,1-4H3,(H,14,16). The van der Waals surface area contributed by atoms with Gasteiger partial charge in [0.2, 0.25) is 0 Å². The molecule has 3 nitrogen and oxygen atoms in total. The molecule has 0 aliphatic rings. The van der Waals surface area contributed by atoms with E-state index >= 15 is 0 Å². The molecule has 0 fully saturated rings. The van der Waals surface area contributed by atoms with Crippen LogP contribution >= 0.6 is 0 Å². The number of nitrogens with zero attached hydrogens (tertiary/aromatic N) is 2. The van der Waals surface area contributed by atoms with Gasteiger partial charge >= 0.3 is 0 Å². The highest BCUT2D eigenvalue weighted by molar-refractivity contribution is 5.31. The van der Waals surface area contributed by atoms with Gasteiger partial charge in [0.15, 0.2) is 0 Å². The summed E-state index contributed by atoms with van der Waals surface area (Å²) in [6.45, 7) is 9.72. The molecule has 0 saturated heterocycles. The molecular weight excluding hydrogens is 198 g/mol. The largest absolute Gasteiger partial charge is 0.369 e. The van der Waals surface area contributed by atoms with E-state index < -0.39 is 0 Å². The summed E-state index contributed by atoms with van der Waals surface area (Å²) in [7, 11) is 0. The Kier molecular flexibility index (Phi) is 5.23. The van der Waals surface area contributed by atoms with E-state index in [-0.39, 0.29) is 0 Å². The van der Waals surface area contributed by atoms with Gasteiger partial charge < -0.3 is 5.32 Å². The van der Waals surface area contributed by atoms with Crippen molar-refractivity contribution in [3.63, 3.8) is 0 Å². The van der Waals surface area contributed by atoms with Gasteiger partial charge in [0.1, 0.15) is 5.82 Å². The smallest absolute Gasteiger partial charge is 0.144 e. The molecule has 1 rings (SSSR count). The molecule has 0 radical (unpaired) electrons. The van der Waals surface area contributed by atoms with E-state index in [4.69, 9.17) is 0 Å². The number of nitrogens with one attached hydrogen (secondary N) is 1. The van der Waals surface area contributed by atoms with Crippen LogP contribution in [0.4, 0.5) is 5.82 Å².